The van der Waals surface area contributed by atoms with Gasteiger partial charge in [-0.15, -0.1) is 0 Å². The number of benzene rings is 1. The van der Waals surface area contributed by atoms with Crippen LogP contribution in [-0.2, 0) is 0 Å². The van der Waals surface area contributed by atoms with Gasteiger partial charge >= 0.3 is 6.61 Å². The Labute approximate surface area is 98.7 Å². The first kappa shape index (κ1) is 12.2. The van der Waals surface area contributed by atoms with E-state index in [1.807, 2.05) is 22.6 Å². The Hall–Kier alpha value is -0.920. The molecule has 15 heavy (non-hydrogen) atoms. The molecule has 0 saturated heterocycles. The third-order valence-electron chi connectivity index (χ3n) is 1.67. The molecule has 0 heterocycles. The van der Waals surface area contributed by atoms with Crippen molar-refractivity contribution in [1.82, 2.24) is 0 Å². The lowest BCUT2D eigenvalue weighted by Gasteiger charge is -2.11. The maximum absolute atomic E-state index is 12.1. The highest BCUT2D eigenvalue weighted by molar-refractivity contribution is 14.1. The number of rotatable bonds is 3. The summed E-state index contributed by atoms with van der Waals surface area (Å²) in [5, 5.41) is 0. The van der Waals surface area contributed by atoms with E-state index in [2.05, 4.69) is 4.74 Å². The molecule has 0 fully saturated rings. The molecule has 0 unspecified atom stereocenters. The molecule has 1 aromatic carbocycles. The highest BCUT2D eigenvalue weighted by Gasteiger charge is 2.16. The highest BCUT2D eigenvalue weighted by atomic mass is 127. The molecule has 6 heteroatoms. The average Bonchev–Trinajstić information content (AvgIpc) is 1.99. The van der Waals surface area contributed by atoms with Crippen LogP contribution in [0.2, 0.25) is 0 Å². The lowest BCUT2D eigenvalue weighted by atomic mass is 10.1. The number of ether oxygens (including phenoxy) is 1. The summed E-state index contributed by atoms with van der Waals surface area (Å²) in [5.74, 6) is -0.582. The van der Waals surface area contributed by atoms with Crippen molar-refractivity contribution in [3.63, 3.8) is 0 Å². The monoisotopic (exact) mass is 327 g/mol. The van der Waals surface area contributed by atoms with Gasteiger partial charge in [0.05, 0.1) is 5.56 Å². The number of nitrogens with two attached hydrogens (primary N) is 1. The van der Waals surface area contributed by atoms with Crippen LogP contribution in [0.4, 0.5) is 14.5 Å². The topological polar surface area (TPSA) is 52.3 Å². The second-order valence-corrected chi connectivity index (χ2v) is 4.05. The van der Waals surface area contributed by atoms with Crippen molar-refractivity contribution >= 4 is 34.1 Å². The van der Waals surface area contributed by atoms with Gasteiger partial charge in [-0.05, 0) is 41.6 Å². The normalized spacial score (nSPS) is 10.5. The molecular weight excluding hydrogens is 319 g/mol. The van der Waals surface area contributed by atoms with Gasteiger partial charge in [-0.3, -0.25) is 4.79 Å². The van der Waals surface area contributed by atoms with E-state index in [0.29, 0.717) is 3.57 Å². The molecule has 2 N–H and O–H groups in total. The fourth-order valence-electron chi connectivity index (χ4n) is 1.17. The van der Waals surface area contributed by atoms with Gasteiger partial charge in [0.2, 0.25) is 0 Å². The third-order valence-corrected chi connectivity index (χ3v) is 2.29. The van der Waals surface area contributed by atoms with Gasteiger partial charge in [-0.25, -0.2) is 0 Å². The average molecular weight is 327 g/mol. The molecule has 0 radical (unpaired) electrons. The van der Waals surface area contributed by atoms with Crippen molar-refractivity contribution < 1.29 is 18.3 Å². The van der Waals surface area contributed by atoms with Crippen LogP contribution in [-0.4, -0.2) is 12.4 Å². The van der Waals surface area contributed by atoms with Gasteiger partial charge in [0.25, 0.3) is 0 Å². The van der Waals surface area contributed by atoms with Crippen molar-refractivity contribution in [2.45, 2.75) is 13.5 Å². The standard InChI is InChI=1S/C9H8F2INO2/c1-4(14)8-6(13)2-5(12)3-7(8)15-9(10)11/h2-3,9H,13H2,1H3. The first-order valence-electron chi connectivity index (χ1n) is 3.96. The summed E-state index contributed by atoms with van der Waals surface area (Å²) in [6.07, 6.45) is 0. The van der Waals surface area contributed by atoms with Crippen LogP contribution < -0.4 is 10.5 Å². The van der Waals surface area contributed by atoms with Gasteiger partial charge < -0.3 is 10.5 Å². The second kappa shape index (κ2) is 4.73. The minimum absolute atomic E-state index is 0.00397. The smallest absolute Gasteiger partial charge is 0.387 e. The van der Waals surface area contributed by atoms with E-state index in [1.165, 1.54) is 19.1 Å². The van der Waals surface area contributed by atoms with Crippen LogP contribution in [0.1, 0.15) is 17.3 Å². The van der Waals surface area contributed by atoms with E-state index in [0.717, 1.165) is 0 Å². The van der Waals surface area contributed by atoms with Crippen molar-refractivity contribution in [1.29, 1.82) is 0 Å². The molecule has 0 saturated carbocycles. The first-order valence-corrected chi connectivity index (χ1v) is 5.04. The number of hydrogen-bond acceptors (Lipinski definition) is 3. The predicted octanol–water partition coefficient (Wildman–Crippen LogP) is 2.68. The number of carbonyl (C=O) groups is 1. The van der Waals surface area contributed by atoms with Crippen LogP contribution >= 0.6 is 22.6 Å². The Bertz CT molecular complexity index is 396. The lowest BCUT2D eigenvalue weighted by Crippen LogP contribution is -2.09. The number of anilines is 1. The number of alkyl halides is 2. The van der Waals surface area contributed by atoms with Gasteiger partial charge in [0, 0.05) is 9.26 Å². The van der Waals surface area contributed by atoms with Gasteiger partial charge in [-0.1, -0.05) is 0 Å². The SMILES string of the molecule is CC(=O)c1c(N)cc(I)cc1OC(F)F. The zero-order valence-electron chi connectivity index (χ0n) is 7.76. The predicted molar refractivity (Wildman–Crippen MR) is 60.2 cm³/mol. The van der Waals surface area contributed by atoms with E-state index >= 15 is 0 Å². The van der Waals surface area contributed by atoms with Crippen molar-refractivity contribution in [3.05, 3.63) is 21.3 Å². The molecule has 0 atom stereocenters. The fourth-order valence-corrected chi connectivity index (χ4v) is 1.79. The maximum Gasteiger partial charge on any atom is 0.387 e. The Balaban J connectivity index is 3.27. The van der Waals surface area contributed by atoms with Gasteiger partial charge in [0.15, 0.2) is 5.78 Å². The van der Waals surface area contributed by atoms with E-state index < -0.39 is 12.4 Å². The van der Waals surface area contributed by atoms with Crippen LogP contribution in [0, 0.1) is 3.57 Å². The summed E-state index contributed by atoms with van der Waals surface area (Å²) in [5.41, 5.74) is 5.69. The van der Waals surface area contributed by atoms with Crippen LogP contribution in [0.25, 0.3) is 0 Å². The Morgan fingerprint density at radius 1 is 1.53 bits per heavy atom. The molecule has 0 spiro atoms. The number of halogens is 3. The molecule has 0 amide bonds. The van der Waals surface area contributed by atoms with Gasteiger partial charge in [-0.2, -0.15) is 8.78 Å². The zero-order valence-corrected chi connectivity index (χ0v) is 9.92. The number of carbonyl (C=O) groups excluding carboxylic acids is 1. The quantitative estimate of drug-likeness (QED) is 0.528. The summed E-state index contributed by atoms with van der Waals surface area (Å²) < 4.78 is 29.0. The minimum atomic E-state index is -2.97. The van der Waals surface area contributed by atoms with Crippen LogP contribution in [0.3, 0.4) is 0 Å². The van der Waals surface area contributed by atoms with Crippen molar-refractivity contribution in [3.8, 4) is 5.75 Å². The molecule has 0 aromatic heterocycles. The number of ketones is 1. The second-order valence-electron chi connectivity index (χ2n) is 2.80. The first-order chi connectivity index (χ1) is 6.91. The van der Waals surface area contributed by atoms with Crippen molar-refractivity contribution in [2.24, 2.45) is 0 Å². The maximum atomic E-state index is 12.1. The van der Waals surface area contributed by atoms with E-state index in [1.54, 1.807) is 0 Å². The van der Waals surface area contributed by atoms with E-state index in [4.69, 9.17) is 5.73 Å². The lowest BCUT2D eigenvalue weighted by molar-refractivity contribution is -0.0501. The number of Topliss-reactive ketones (excluding diaryl/α,β-unsaturated/α-hetero) is 1. The molecule has 82 valence electrons. The zero-order chi connectivity index (χ0) is 11.6. The summed E-state index contributed by atoms with van der Waals surface area (Å²) >= 11 is 1.90. The molecular formula is C9H8F2INO2. The summed E-state index contributed by atoms with van der Waals surface area (Å²) in [6.45, 7) is -1.72. The summed E-state index contributed by atoms with van der Waals surface area (Å²) in [4.78, 5) is 11.2. The van der Waals surface area contributed by atoms with Crippen LogP contribution in [0.15, 0.2) is 12.1 Å². The largest absolute Gasteiger partial charge is 0.434 e. The number of hydrogen-bond donors (Lipinski definition) is 1. The van der Waals surface area contributed by atoms with Gasteiger partial charge in [0.1, 0.15) is 5.75 Å². The summed E-state index contributed by atoms with van der Waals surface area (Å²) in [6, 6.07) is 2.87. The molecule has 0 aliphatic heterocycles. The fraction of sp³-hybridized carbons (Fsp3) is 0.222. The molecule has 0 aliphatic rings. The Kier molecular flexibility index (Phi) is 3.83. The molecule has 0 aliphatic carbocycles. The molecule has 1 aromatic rings. The summed E-state index contributed by atoms with van der Waals surface area (Å²) in [7, 11) is 0. The van der Waals surface area contributed by atoms with Crippen molar-refractivity contribution in [2.75, 3.05) is 5.73 Å². The highest BCUT2D eigenvalue weighted by Crippen LogP contribution is 2.29. The molecule has 1 rings (SSSR count). The number of nitrogen functional groups attached to an aromatic ring is 1. The van der Waals surface area contributed by atoms with Crippen LogP contribution in [0.5, 0.6) is 5.75 Å². The Morgan fingerprint density at radius 3 is 2.60 bits per heavy atom. The minimum Gasteiger partial charge on any atom is -0.434 e. The molecule has 3 nitrogen and oxygen atoms in total. The van der Waals surface area contributed by atoms with E-state index in [-0.39, 0.29) is 17.0 Å². The van der Waals surface area contributed by atoms with E-state index in [9.17, 15) is 13.6 Å². The third kappa shape index (κ3) is 3.01. The molecule has 0 bridgehead atoms. The Morgan fingerprint density at radius 2 is 2.13 bits per heavy atom.